The van der Waals surface area contributed by atoms with Crippen molar-refractivity contribution in [3.8, 4) is 11.1 Å². The molecule has 0 saturated carbocycles. The van der Waals surface area contributed by atoms with Crippen molar-refractivity contribution in [1.29, 1.82) is 0 Å². The molecule has 126 valence electrons. The molecular formula is C19H22N2O2S. The topological polar surface area (TPSA) is 58.2 Å². The highest BCUT2D eigenvalue weighted by Gasteiger charge is 2.35. The summed E-state index contributed by atoms with van der Waals surface area (Å²) in [6.07, 6.45) is 4.08. The number of fused-ring (bicyclic) bond motifs is 2. The van der Waals surface area contributed by atoms with Gasteiger partial charge < -0.3 is 5.32 Å². The second-order valence-corrected chi connectivity index (χ2v) is 8.54. The van der Waals surface area contributed by atoms with E-state index in [1.165, 1.54) is 0 Å². The van der Waals surface area contributed by atoms with Gasteiger partial charge in [0.05, 0.1) is 4.90 Å². The zero-order valence-electron chi connectivity index (χ0n) is 13.5. The Bertz CT molecular complexity index is 808. The van der Waals surface area contributed by atoms with Crippen LogP contribution in [0.5, 0.6) is 0 Å². The molecule has 2 N–H and O–H groups in total. The number of rotatable bonds is 4. The van der Waals surface area contributed by atoms with Crippen molar-refractivity contribution in [3.63, 3.8) is 0 Å². The predicted molar refractivity (Wildman–Crippen MR) is 95.2 cm³/mol. The van der Waals surface area contributed by atoms with E-state index in [9.17, 15) is 8.42 Å². The van der Waals surface area contributed by atoms with Gasteiger partial charge in [-0.05, 0) is 48.9 Å². The first-order valence-corrected chi connectivity index (χ1v) is 10.0. The molecule has 2 saturated heterocycles. The van der Waals surface area contributed by atoms with Crippen molar-refractivity contribution in [1.82, 2.24) is 10.0 Å². The van der Waals surface area contributed by atoms with Crippen LogP contribution < -0.4 is 10.0 Å². The Kier molecular flexibility index (Phi) is 4.16. The maximum Gasteiger partial charge on any atom is 0.240 e. The average Bonchev–Trinajstić information content (AvgIpc) is 2.94. The van der Waals surface area contributed by atoms with E-state index >= 15 is 0 Å². The lowest BCUT2D eigenvalue weighted by Crippen LogP contribution is -2.47. The Morgan fingerprint density at radius 3 is 2.25 bits per heavy atom. The molecule has 2 unspecified atom stereocenters. The molecule has 0 amide bonds. The third kappa shape index (κ3) is 3.24. The summed E-state index contributed by atoms with van der Waals surface area (Å²) in [6.45, 7) is 0. The molecule has 2 aliphatic heterocycles. The van der Waals surface area contributed by atoms with Gasteiger partial charge in [-0.2, -0.15) is 0 Å². The maximum atomic E-state index is 12.8. The SMILES string of the molecule is O=S(=O)(NC1CC2CCC(C1)N2)c1cccc(-c2ccccc2)c1. The Balaban J connectivity index is 1.56. The van der Waals surface area contributed by atoms with E-state index < -0.39 is 10.0 Å². The standard InChI is InChI=1S/C19H22N2O2S/c22-24(23,21-18-12-16-9-10-17(13-18)20-16)19-8-4-7-15(11-19)14-5-2-1-3-6-14/h1-8,11,16-18,20-21H,9-10,12-13H2. The normalized spacial score (nSPS) is 26.4. The quantitative estimate of drug-likeness (QED) is 0.898. The van der Waals surface area contributed by atoms with Crippen molar-refractivity contribution < 1.29 is 8.42 Å². The molecule has 2 heterocycles. The van der Waals surface area contributed by atoms with Crippen molar-refractivity contribution in [3.05, 3.63) is 54.6 Å². The molecule has 4 rings (SSSR count). The van der Waals surface area contributed by atoms with Crippen molar-refractivity contribution >= 4 is 10.0 Å². The molecule has 0 aliphatic carbocycles. The third-order valence-electron chi connectivity index (χ3n) is 5.05. The van der Waals surface area contributed by atoms with E-state index in [-0.39, 0.29) is 6.04 Å². The Labute approximate surface area is 143 Å². The summed E-state index contributed by atoms with van der Waals surface area (Å²) in [5, 5.41) is 3.54. The number of hydrogen-bond acceptors (Lipinski definition) is 3. The fourth-order valence-corrected chi connectivity index (χ4v) is 5.22. The van der Waals surface area contributed by atoms with Crippen LogP contribution in [-0.2, 0) is 10.0 Å². The number of nitrogens with one attached hydrogen (secondary N) is 2. The second-order valence-electron chi connectivity index (χ2n) is 6.82. The van der Waals surface area contributed by atoms with Gasteiger partial charge >= 0.3 is 0 Å². The smallest absolute Gasteiger partial charge is 0.240 e. The zero-order valence-corrected chi connectivity index (χ0v) is 14.3. The van der Waals surface area contributed by atoms with Gasteiger partial charge in [-0.15, -0.1) is 0 Å². The molecule has 24 heavy (non-hydrogen) atoms. The van der Waals surface area contributed by atoms with Gasteiger partial charge in [0.2, 0.25) is 10.0 Å². The lowest BCUT2D eigenvalue weighted by Gasteiger charge is -2.29. The summed E-state index contributed by atoms with van der Waals surface area (Å²) in [6, 6.07) is 18.0. The van der Waals surface area contributed by atoms with E-state index in [2.05, 4.69) is 10.0 Å². The molecule has 2 atom stereocenters. The van der Waals surface area contributed by atoms with Crippen LogP contribution in [0.1, 0.15) is 25.7 Å². The fraction of sp³-hybridized carbons (Fsp3) is 0.368. The Hall–Kier alpha value is -1.69. The number of benzene rings is 2. The van der Waals surface area contributed by atoms with Crippen molar-refractivity contribution in [2.75, 3.05) is 0 Å². The van der Waals surface area contributed by atoms with Crippen LogP contribution in [0.25, 0.3) is 11.1 Å². The van der Waals surface area contributed by atoms with Crippen LogP contribution in [0.4, 0.5) is 0 Å². The average molecular weight is 342 g/mol. The van der Waals surface area contributed by atoms with Gasteiger partial charge in [-0.1, -0.05) is 42.5 Å². The number of piperidine rings is 1. The molecule has 4 nitrogen and oxygen atoms in total. The van der Waals surface area contributed by atoms with Crippen LogP contribution in [0.15, 0.2) is 59.5 Å². The minimum Gasteiger partial charge on any atom is -0.311 e. The molecule has 2 aromatic carbocycles. The number of hydrogen-bond donors (Lipinski definition) is 2. The van der Waals surface area contributed by atoms with Crippen molar-refractivity contribution in [2.45, 2.75) is 48.7 Å². The number of sulfonamides is 1. The van der Waals surface area contributed by atoms with E-state index in [0.717, 1.165) is 36.8 Å². The van der Waals surface area contributed by atoms with Crippen LogP contribution in [0, 0.1) is 0 Å². The molecule has 2 aromatic rings. The highest BCUT2D eigenvalue weighted by atomic mass is 32.2. The first-order chi connectivity index (χ1) is 11.6. The zero-order chi connectivity index (χ0) is 16.6. The highest BCUT2D eigenvalue weighted by Crippen LogP contribution is 2.28. The molecule has 2 aliphatic rings. The van der Waals surface area contributed by atoms with Gasteiger partial charge in [0, 0.05) is 18.1 Å². The van der Waals surface area contributed by atoms with Crippen LogP contribution in [-0.4, -0.2) is 26.5 Å². The van der Waals surface area contributed by atoms with E-state index in [1.54, 1.807) is 12.1 Å². The largest absolute Gasteiger partial charge is 0.311 e. The van der Waals surface area contributed by atoms with E-state index in [4.69, 9.17) is 0 Å². The fourth-order valence-electron chi connectivity index (χ4n) is 3.91. The van der Waals surface area contributed by atoms with Gasteiger partial charge in [-0.25, -0.2) is 13.1 Å². The summed E-state index contributed by atoms with van der Waals surface area (Å²) < 4.78 is 28.5. The molecular weight excluding hydrogens is 320 g/mol. The highest BCUT2D eigenvalue weighted by molar-refractivity contribution is 7.89. The lowest BCUT2D eigenvalue weighted by atomic mass is 10.0. The minimum absolute atomic E-state index is 0.0362. The lowest BCUT2D eigenvalue weighted by molar-refractivity contribution is 0.345. The maximum absolute atomic E-state index is 12.8. The van der Waals surface area contributed by atoms with Crippen LogP contribution in [0.2, 0.25) is 0 Å². The molecule has 2 fully saturated rings. The van der Waals surface area contributed by atoms with E-state index in [1.807, 2.05) is 42.5 Å². The molecule has 2 bridgehead atoms. The summed E-state index contributed by atoms with van der Waals surface area (Å²) in [7, 11) is -3.49. The summed E-state index contributed by atoms with van der Waals surface area (Å²) in [4.78, 5) is 0.342. The minimum atomic E-state index is -3.49. The van der Waals surface area contributed by atoms with Gasteiger partial charge in [0.15, 0.2) is 0 Å². The van der Waals surface area contributed by atoms with Crippen molar-refractivity contribution in [2.24, 2.45) is 0 Å². The first-order valence-electron chi connectivity index (χ1n) is 8.54. The Morgan fingerprint density at radius 2 is 1.54 bits per heavy atom. The summed E-state index contributed by atoms with van der Waals surface area (Å²) >= 11 is 0. The van der Waals surface area contributed by atoms with Gasteiger partial charge in [0.1, 0.15) is 0 Å². The third-order valence-corrected chi connectivity index (χ3v) is 6.56. The Morgan fingerprint density at radius 1 is 0.875 bits per heavy atom. The van der Waals surface area contributed by atoms with Gasteiger partial charge in [-0.3, -0.25) is 0 Å². The van der Waals surface area contributed by atoms with E-state index in [0.29, 0.717) is 17.0 Å². The molecule has 0 spiro atoms. The van der Waals surface area contributed by atoms with Gasteiger partial charge in [0.25, 0.3) is 0 Å². The molecule has 0 aromatic heterocycles. The molecule has 5 heteroatoms. The monoisotopic (exact) mass is 342 g/mol. The summed E-state index contributed by atoms with van der Waals surface area (Å²) in [5.74, 6) is 0. The first kappa shape index (κ1) is 15.8. The molecule has 0 radical (unpaired) electrons. The summed E-state index contributed by atoms with van der Waals surface area (Å²) in [5.41, 5.74) is 1.94. The van der Waals surface area contributed by atoms with Crippen LogP contribution in [0.3, 0.4) is 0 Å². The second kappa shape index (κ2) is 6.31. The van der Waals surface area contributed by atoms with Crippen LogP contribution >= 0.6 is 0 Å². The predicted octanol–water partition coefficient (Wildman–Crippen LogP) is 2.91.